The van der Waals surface area contributed by atoms with Crippen molar-refractivity contribution in [3.63, 3.8) is 0 Å². The van der Waals surface area contributed by atoms with E-state index < -0.39 is 31.7 Å². The fourth-order valence-corrected chi connectivity index (χ4v) is 5.32. The highest BCUT2D eigenvalue weighted by atomic mass is 32.2. The highest BCUT2D eigenvalue weighted by Gasteiger charge is 2.42. The zero-order valence-electron chi connectivity index (χ0n) is 13.8. The largest absolute Gasteiger partial charge is 0.417 e. The number of halogens is 3. The van der Waals surface area contributed by atoms with E-state index in [0.29, 0.717) is 18.3 Å². The molecule has 0 spiro atoms. The van der Waals surface area contributed by atoms with Crippen molar-refractivity contribution in [3.8, 4) is 0 Å². The van der Waals surface area contributed by atoms with E-state index in [4.69, 9.17) is 0 Å². The van der Waals surface area contributed by atoms with Crippen LogP contribution >= 0.6 is 0 Å². The van der Waals surface area contributed by atoms with Gasteiger partial charge in [-0.25, -0.2) is 8.42 Å². The molecule has 140 valence electrons. The normalized spacial score (nSPS) is 21.3. The van der Waals surface area contributed by atoms with Gasteiger partial charge in [-0.2, -0.15) is 18.3 Å². The predicted molar refractivity (Wildman–Crippen MR) is 89.8 cm³/mol. The maximum absolute atomic E-state index is 13.2. The smallest absolute Gasteiger partial charge is 0.354 e. The van der Waals surface area contributed by atoms with Crippen molar-refractivity contribution >= 4 is 15.7 Å². The van der Waals surface area contributed by atoms with Gasteiger partial charge in [-0.05, 0) is 31.4 Å². The van der Waals surface area contributed by atoms with Gasteiger partial charge in [-0.3, -0.25) is 5.10 Å². The average Bonchev–Trinajstić information content (AvgIpc) is 3.11. The standard InChI is InChI=1S/C17H18F3N3O2S/c18-17(19,20)13-3-1-2-4-15(13)26(24,25)12-7-8-23(10-12)16-9-14(21-22-16)11-5-6-11/h1-4,9,11-12H,5-8,10H2,(H,21,22). The minimum absolute atomic E-state index is 0.142. The third-order valence-electron chi connectivity index (χ3n) is 5.01. The number of nitrogens with zero attached hydrogens (tertiary/aromatic N) is 2. The van der Waals surface area contributed by atoms with Crippen LogP contribution in [-0.2, 0) is 16.0 Å². The molecule has 1 N–H and O–H groups in total. The molecule has 0 bridgehead atoms. The molecule has 2 aromatic rings. The Morgan fingerprint density at radius 3 is 2.58 bits per heavy atom. The number of H-pyrrole nitrogens is 1. The van der Waals surface area contributed by atoms with Crippen LogP contribution in [0.5, 0.6) is 0 Å². The van der Waals surface area contributed by atoms with Crippen LogP contribution in [0, 0.1) is 0 Å². The van der Waals surface area contributed by atoms with Crippen molar-refractivity contribution in [2.75, 3.05) is 18.0 Å². The molecule has 1 aliphatic heterocycles. The predicted octanol–water partition coefficient (Wildman–Crippen LogP) is 3.36. The Balaban J connectivity index is 1.58. The van der Waals surface area contributed by atoms with Crippen LogP contribution in [-0.4, -0.2) is 37.0 Å². The lowest BCUT2D eigenvalue weighted by Gasteiger charge is -2.18. The Hall–Kier alpha value is -2.03. The van der Waals surface area contributed by atoms with Gasteiger partial charge in [0.1, 0.15) is 0 Å². The molecule has 9 heteroatoms. The number of aromatic amines is 1. The highest BCUT2D eigenvalue weighted by molar-refractivity contribution is 7.92. The topological polar surface area (TPSA) is 66.1 Å². The SMILES string of the molecule is O=S(=O)(c1ccccc1C(F)(F)F)C1CCN(c2cc(C3CC3)[nH]n2)C1. The van der Waals surface area contributed by atoms with E-state index in [1.54, 1.807) is 0 Å². The summed E-state index contributed by atoms with van der Waals surface area (Å²) in [5, 5.41) is 6.32. The van der Waals surface area contributed by atoms with Crippen molar-refractivity contribution < 1.29 is 21.6 Å². The van der Waals surface area contributed by atoms with Crippen LogP contribution in [0.25, 0.3) is 0 Å². The van der Waals surface area contributed by atoms with Crippen LogP contribution < -0.4 is 4.90 Å². The zero-order chi connectivity index (χ0) is 18.5. The van der Waals surface area contributed by atoms with Crippen LogP contribution in [0.1, 0.15) is 36.4 Å². The Morgan fingerprint density at radius 1 is 1.15 bits per heavy atom. The van der Waals surface area contributed by atoms with E-state index >= 15 is 0 Å². The summed E-state index contributed by atoms with van der Waals surface area (Å²) in [7, 11) is -4.09. The molecule has 2 heterocycles. The molecule has 0 amide bonds. The van der Waals surface area contributed by atoms with Gasteiger partial charge < -0.3 is 4.90 Å². The van der Waals surface area contributed by atoms with Crippen LogP contribution in [0.4, 0.5) is 19.0 Å². The van der Waals surface area contributed by atoms with E-state index in [1.165, 1.54) is 12.1 Å². The average molecular weight is 385 g/mol. The number of hydrogen-bond donors (Lipinski definition) is 1. The number of rotatable bonds is 4. The minimum Gasteiger partial charge on any atom is -0.354 e. The Bertz CT molecular complexity index is 919. The van der Waals surface area contributed by atoms with Crippen molar-refractivity contribution in [1.29, 1.82) is 0 Å². The number of alkyl halides is 3. The molecule has 26 heavy (non-hydrogen) atoms. The van der Waals surface area contributed by atoms with E-state index in [-0.39, 0.29) is 13.0 Å². The maximum atomic E-state index is 13.2. The summed E-state index contributed by atoms with van der Waals surface area (Å²) >= 11 is 0. The van der Waals surface area contributed by atoms with Gasteiger partial charge >= 0.3 is 6.18 Å². The van der Waals surface area contributed by atoms with Gasteiger partial charge in [0.15, 0.2) is 15.7 Å². The molecule has 2 fully saturated rings. The number of benzene rings is 1. The third-order valence-corrected chi connectivity index (χ3v) is 7.24. The van der Waals surface area contributed by atoms with Gasteiger partial charge in [0, 0.05) is 30.8 Å². The monoisotopic (exact) mass is 385 g/mol. The second-order valence-electron chi connectivity index (χ2n) is 6.85. The second-order valence-corrected chi connectivity index (χ2v) is 9.05. The van der Waals surface area contributed by atoms with E-state index in [1.807, 2.05) is 11.0 Å². The van der Waals surface area contributed by atoms with Gasteiger partial charge in [0.2, 0.25) is 0 Å². The summed E-state index contributed by atoms with van der Waals surface area (Å²) in [6.45, 7) is 0.594. The first-order chi connectivity index (χ1) is 12.3. The molecule has 4 rings (SSSR count). The Morgan fingerprint density at radius 2 is 1.88 bits per heavy atom. The summed E-state index contributed by atoms with van der Waals surface area (Å²) in [5.74, 6) is 1.16. The molecule has 2 aliphatic rings. The fraction of sp³-hybridized carbons (Fsp3) is 0.471. The number of aromatic nitrogens is 2. The fourth-order valence-electron chi connectivity index (χ4n) is 3.41. The lowest BCUT2D eigenvalue weighted by atomic mass is 10.2. The lowest BCUT2D eigenvalue weighted by Crippen LogP contribution is -2.28. The van der Waals surface area contributed by atoms with Gasteiger partial charge in [0.05, 0.1) is 15.7 Å². The first-order valence-electron chi connectivity index (χ1n) is 8.47. The quantitative estimate of drug-likeness (QED) is 0.877. The van der Waals surface area contributed by atoms with Gasteiger partial charge in [-0.15, -0.1) is 0 Å². The molecule has 1 aromatic heterocycles. The number of nitrogens with one attached hydrogen (secondary N) is 1. The summed E-state index contributed by atoms with van der Waals surface area (Å²) < 4.78 is 65.3. The molecular weight excluding hydrogens is 367 g/mol. The van der Waals surface area contributed by atoms with Gasteiger partial charge in [0.25, 0.3) is 0 Å². The van der Waals surface area contributed by atoms with Crippen molar-refractivity contribution in [2.45, 2.75) is 41.5 Å². The van der Waals surface area contributed by atoms with Crippen molar-refractivity contribution in [3.05, 3.63) is 41.6 Å². The van der Waals surface area contributed by atoms with Crippen LogP contribution in [0.2, 0.25) is 0 Å². The summed E-state index contributed by atoms with van der Waals surface area (Å²) in [6.07, 6.45) is -2.19. The number of sulfone groups is 1. The van der Waals surface area contributed by atoms with Gasteiger partial charge in [-0.1, -0.05) is 12.1 Å². The Kier molecular flexibility index (Phi) is 4.02. The lowest BCUT2D eigenvalue weighted by molar-refractivity contribution is -0.139. The molecule has 5 nitrogen and oxygen atoms in total. The molecule has 1 atom stereocenters. The molecule has 1 aliphatic carbocycles. The van der Waals surface area contributed by atoms with Crippen molar-refractivity contribution in [1.82, 2.24) is 10.2 Å². The third kappa shape index (κ3) is 3.08. The Labute approximate surface area is 149 Å². The molecule has 0 radical (unpaired) electrons. The number of hydrogen-bond acceptors (Lipinski definition) is 4. The highest BCUT2D eigenvalue weighted by Crippen LogP contribution is 2.41. The molecule has 1 saturated carbocycles. The number of anilines is 1. The summed E-state index contributed by atoms with van der Waals surface area (Å²) in [6, 6.07) is 6.29. The molecule has 1 saturated heterocycles. The van der Waals surface area contributed by atoms with Crippen molar-refractivity contribution in [2.24, 2.45) is 0 Å². The van der Waals surface area contributed by atoms with E-state index in [2.05, 4.69) is 10.2 Å². The molecular formula is C17H18F3N3O2S. The maximum Gasteiger partial charge on any atom is 0.417 e. The first-order valence-corrected chi connectivity index (χ1v) is 10.0. The molecule has 1 unspecified atom stereocenters. The minimum atomic E-state index is -4.71. The van der Waals surface area contributed by atoms with E-state index in [9.17, 15) is 21.6 Å². The van der Waals surface area contributed by atoms with E-state index in [0.717, 1.165) is 30.7 Å². The summed E-state index contributed by atoms with van der Waals surface area (Å²) in [4.78, 5) is 1.18. The second kappa shape index (κ2) is 6.00. The summed E-state index contributed by atoms with van der Waals surface area (Å²) in [5.41, 5.74) is -0.0667. The van der Waals surface area contributed by atoms with Crippen LogP contribution in [0.15, 0.2) is 35.2 Å². The van der Waals surface area contributed by atoms with Crippen LogP contribution in [0.3, 0.4) is 0 Å². The molecule has 1 aromatic carbocycles. The zero-order valence-corrected chi connectivity index (χ0v) is 14.6. The first kappa shape index (κ1) is 17.4.